The Kier molecular flexibility index (Phi) is 13.7. The van der Waals surface area contributed by atoms with Crippen LogP contribution >= 0.6 is 24.0 Å². The van der Waals surface area contributed by atoms with Crippen molar-refractivity contribution in [1.82, 2.24) is 20.4 Å². The topological polar surface area (TPSA) is 42.9 Å². The van der Waals surface area contributed by atoms with E-state index in [1.807, 2.05) is 0 Å². The maximum atomic E-state index is 12.3. The lowest BCUT2D eigenvalue weighted by molar-refractivity contribution is -0.143. The first kappa shape index (κ1) is 25.7. The Morgan fingerprint density at radius 2 is 1.92 bits per heavy atom. The predicted octanol–water partition coefficient (Wildman–Crippen LogP) is 2.92. The molecule has 1 aliphatic rings. The molecule has 0 spiro atoms. The number of halogens is 4. The van der Waals surface area contributed by atoms with E-state index >= 15 is 0 Å². The summed E-state index contributed by atoms with van der Waals surface area (Å²) in [7, 11) is 3.20. The Balaban J connectivity index is 0.00000625. The largest absolute Gasteiger partial charge is 0.401 e. The first-order chi connectivity index (χ1) is 11.9. The molecule has 0 saturated carbocycles. The van der Waals surface area contributed by atoms with Crippen molar-refractivity contribution in [2.45, 2.75) is 51.2 Å². The van der Waals surface area contributed by atoms with Gasteiger partial charge in [-0.2, -0.15) is 13.2 Å². The average molecular weight is 493 g/mol. The van der Waals surface area contributed by atoms with Crippen LogP contribution in [0.25, 0.3) is 0 Å². The van der Waals surface area contributed by atoms with Gasteiger partial charge in [-0.25, -0.2) is 0 Å². The highest BCUT2D eigenvalue weighted by molar-refractivity contribution is 14.0. The number of guanidine groups is 1. The lowest BCUT2D eigenvalue weighted by atomic mass is 10.0. The fourth-order valence-electron chi connectivity index (χ4n) is 3.30. The van der Waals surface area contributed by atoms with Crippen molar-refractivity contribution >= 4 is 29.9 Å². The van der Waals surface area contributed by atoms with Crippen LogP contribution < -0.4 is 10.6 Å². The Labute approximate surface area is 173 Å². The van der Waals surface area contributed by atoms with Gasteiger partial charge in [0.15, 0.2) is 5.96 Å². The number of piperidine rings is 1. The minimum absolute atomic E-state index is 0. The van der Waals surface area contributed by atoms with E-state index in [1.54, 1.807) is 7.05 Å². The Bertz CT molecular complexity index is 393. The molecule has 0 aliphatic carbocycles. The molecule has 1 unspecified atom stereocenters. The summed E-state index contributed by atoms with van der Waals surface area (Å²) in [5.74, 6) is 0.712. The van der Waals surface area contributed by atoms with Gasteiger partial charge in [0.05, 0.1) is 6.54 Å². The molecular formula is C17H35F3IN5. The second-order valence-electron chi connectivity index (χ2n) is 6.73. The molecule has 1 heterocycles. The van der Waals surface area contributed by atoms with E-state index in [0.29, 0.717) is 31.5 Å². The van der Waals surface area contributed by atoms with E-state index in [0.717, 1.165) is 19.6 Å². The molecule has 1 aliphatic heterocycles. The number of likely N-dealkylation sites (tertiary alicyclic amines) is 1. The van der Waals surface area contributed by atoms with Gasteiger partial charge in [-0.15, -0.1) is 24.0 Å². The van der Waals surface area contributed by atoms with Gasteiger partial charge in [0.2, 0.25) is 0 Å². The van der Waals surface area contributed by atoms with E-state index < -0.39 is 12.7 Å². The van der Waals surface area contributed by atoms with Crippen molar-refractivity contribution in [3.63, 3.8) is 0 Å². The number of nitrogens with one attached hydrogen (secondary N) is 2. The summed E-state index contributed by atoms with van der Waals surface area (Å²) in [6.07, 6.45) is 1.58. The fourth-order valence-corrected chi connectivity index (χ4v) is 3.30. The zero-order valence-corrected chi connectivity index (χ0v) is 18.6. The van der Waals surface area contributed by atoms with E-state index in [-0.39, 0.29) is 24.0 Å². The molecule has 9 heteroatoms. The summed E-state index contributed by atoms with van der Waals surface area (Å²) in [5.41, 5.74) is 0. The molecule has 1 fully saturated rings. The normalized spacial score (nSPS) is 19.3. The molecule has 0 aromatic carbocycles. The molecule has 2 N–H and O–H groups in total. The van der Waals surface area contributed by atoms with Crippen molar-refractivity contribution in [3.8, 4) is 0 Å². The fraction of sp³-hybridized carbons (Fsp3) is 0.941. The molecule has 0 bridgehead atoms. The minimum Gasteiger partial charge on any atom is -0.356 e. The third-order valence-corrected chi connectivity index (χ3v) is 4.59. The van der Waals surface area contributed by atoms with E-state index in [2.05, 4.69) is 27.4 Å². The van der Waals surface area contributed by atoms with Gasteiger partial charge in [0.25, 0.3) is 0 Å². The number of aliphatic imine (C=N–C) groups is 1. The van der Waals surface area contributed by atoms with E-state index in [9.17, 15) is 13.2 Å². The van der Waals surface area contributed by atoms with Gasteiger partial charge in [0, 0.05) is 32.7 Å². The van der Waals surface area contributed by atoms with Crippen molar-refractivity contribution in [2.75, 3.05) is 53.4 Å². The van der Waals surface area contributed by atoms with Gasteiger partial charge in [0.1, 0.15) is 0 Å². The summed E-state index contributed by atoms with van der Waals surface area (Å²) in [5, 5.41) is 6.45. The zero-order chi connectivity index (χ0) is 18.7. The van der Waals surface area contributed by atoms with Crippen LogP contribution in [-0.4, -0.2) is 81.3 Å². The number of hydrogen-bond acceptors (Lipinski definition) is 3. The SMILES string of the molecule is CCC1CCCCN1CCNC(=NC)NCCCN(C)CC(F)(F)F.I. The Morgan fingerprint density at radius 3 is 2.54 bits per heavy atom. The second kappa shape index (κ2) is 13.8. The molecule has 1 saturated heterocycles. The smallest absolute Gasteiger partial charge is 0.356 e. The minimum atomic E-state index is -4.13. The summed E-state index contributed by atoms with van der Waals surface area (Å²) < 4.78 is 36.8. The first-order valence-electron chi connectivity index (χ1n) is 9.29. The number of nitrogens with zero attached hydrogens (tertiary/aromatic N) is 3. The van der Waals surface area contributed by atoms with Gasteiger partial charge in [-0.3, -0.25) is 14.8 Å². The van der Waals surface area contributed by atoms with Crippen molar-refractivity contribution in [1.29, 1.82) is 0 Å². The van der Waals surface area contributed by atoms with Crippen LogP contribution in [0.1, 0.15) is 39.0 Å². The molecule has 26 heavy (non-hydrogen) atoms. The maximum absolute atomic E-state index is 12.3. The van der Waals surface area contributed by atoms with Crippen LogP contribution in [0.3, 0.4) is 0 Å². The average Bonchev–Trinajstić information content (AvgIpc) is 2.55. The van der Waals surface area contributed by atoms with E-state index in [1.165, 1.54) is 37.6 Å². The number of hydrogen-bond donors (Lipinski definition) is 2. The second-order valence-corrected chi connectivity index (χ2v) is 6.73. The molecule has 0 aromatic rings. The summed E-state index contributed by atoms with van der Waals surface area (Å²) in [6, 6.07) is 0.690. The van der Waals surface area contributed by atoms with E-state index in [4.69, 9.17) is 0 Å². The van der Waals surface area contributed by atoms with Crippen LogP contribution in [-0.2, 0) is 0 Å². The van der Waals surface area contributed by atoms with Crippen molar-refractivity contribution < 1.29 is 13.2 Å². The van der Waals surface area contributed by atoms with Crippen molar-refractivity contribution in [2.24, 2.45) is 4.99 Å². The highest BCUT2D eigenvalue weighted by atomic mass is 127. The molecule has 0 amide bonds. The maximum Gasteiger partial charge on any atom is 0.401 e. The van der Waals surface area contributed by atoms with Gasteiger partial charge >= 0.3 is 6.18 Å². The lowest BCUT2D eigenvalue weighted by Gasteiger charge is -2.35. The summed E-state index contributed by atoms with van der Waals surface area (Å²) >= 11 is 0. The lowest BCUT2D eigenvalue weighted by Crippen LogP contribution is -2.46. The highest BCUT2D eigenvalue weighted by Gasteiger charge is 2.28. The van der Waals surface area contributed by atoms with Gasteiger partial charge in [-0.1, -0.05) is 13.3 Å². The van der Waals surface area contributed by atoms with Crippen LogP contribution in [0.2, 0.25) is 0 Å². The first-order valence-corrected chi connectivity index (χ1v) is 9.29. The molecule has 1 rings (SSSR count). The highest BCUT2D eigenvalue weighted by Crippen LogP contribution is 2.18. The van der Waals surface area contributed by atoms with Gasteiger partial charge in [-0.05, 0) is 45.8 Å². The van der Waals surface area contributed by atoms with Crippen LogP contribution in [0, 0.1) is 0 Å². The summed E-state index contributed by atoms with van der Waals surface area (Å²) in [4.78, 5) is 8.00. The summed E-state index contributed by atoms with van der Waals surface area (Å²) in [6.45, 7) is 5.36. The van der Waals surface area contributed by atoms with Crippen LogP contribution in [0.4, 0.5) is 13.2 Å². The molecular weight excluding hydrogens is 458 g/mol. The molecule has 1 atom stereocenters. The van der Waals surface area contributed by atoms with Crippen LogP contribution in [0.5, 0.6) is 0 Å². The number of rotatable bonds is 9. The molecule has 5 nitrogen and oxygen atoms in total. The van der Waals surface area contributed by atoms with Gasteiger partial charge < -0.3 is 10.6 Å². The predicted molar refractivity (Wildman–Crippen MR) is 112 cm³/mol. The van der Waals surface area contributed by atoms with Crippen LogP contribution in [0.15, 0.2) is 4.99 Å². The Morgan fingerprint density at radius 1 is 1.23 bits per heavy atom. The van der Waals surface area contributed by atoms with Crippen molar-refractivity contribution in [3.05, 3.63) is 0 Å². The monoisotopic (exact) mass is 493 g/mol. The third kappa shape index (κ3) is 11.4. The number of alkyl halides is 3. The quantitative estimate of drug-likeness (QED) is 0.225. The zero-order valence-electron chi connectivity index (χ0n) is 16.2. The standard InChI is InChI=1S/C17H34F3N5.HI/c1-4-15-8-5-6-12-25(15)13-10-23-16(21-2)22-9-7-11-24(3)14-17(18,19)20;/h15H,4-14H2,1-3H3,(H2,21,22,23);1H. The molecule has 0 aromatic heterocycles. The molecule has 156 valence electrons. The molecule has 0 radical (unpaired) electrons. The third-order valence-electron chi connectivity index (χ3n) is 4.59. The Hall–Kier alpha value is -0.290.